The summed E-state index contributed by atoms with van der Waals surface area (Å²) in [5.74, 6) is 2.10. The number of amidine groups is 1. The number of benzene rings is 1. The third-order valence-electron chi connectivity index (χ3n) is 4.93. The van der Waals surface area contributed by atoms with Gasteiger partial charge in [-0.1, -0.05) is 11.6 Å². The number of hydrogen-bond acceptors (Lipinski definition) is 4. The molecule has 27 heavy (non-hydrogen) atoms. The van der Waals surface area contributed by atoms with Crippen LogP contribution in [0.5, 0.6) is 0 Å². The van der Waals surface area contributed by atoms with Crippen LogP contribution in [0.3, 0.4) is 0 Å². The number of aliphatic hydroxyl groups excluding tert-OH is 1. The molecule has 0 bridgehead atoms. The highest BCUT2D eigenvalue weighted by Crippen LogP contribution is 2.40. The molecule has 2 atom stereocenters. The highest BCUT2D eigenvalue weighted by molar-refractivity contribution is 7.99. The summed E-state index contributed by atoms with van der Waals surface area (Å²) in [6.07, 6.45) is 6.36. The Morgan fingerprint density at radius 3 is 2.81 bits per heavy atom. The molecule has 4 N–H and O–H groups in total. The molecule has 2 aliphatic rings. The molecule has 0 saturated heterocycles. The molecule has 1 fully saturated rings. The predicted molar refractivity (Wildman–Crippen MR) is 117 cm³/mol. The van der Waals surface area contributed by atoms with Crippen LogP contribution in [0.4, 0.5) is 5.69 Å². The first-order chi connectivity index (χ1) is 12.7. The number of aliphatic hydroxyl groups is 1. The Morgan fingerprint density at radius 1 is 1.37 bits per heavy atom. The minimum Gasteiger partial charge on any atom is -0.402 e. The van der Waals surface area contributed by atoms with Gasteiger partial charge < -0.3 is 16.2 Å². The fourth-order valence-electron chi connectivity index (χ4n) is 3.68. The second-order valence-corrected chi connectivity index (χ2v) is 9.97. The number of anilines is 1. The standard InChI is InChI=1S/C21H30ClN3OS/c1-21(2,3)25-19(12-17(23)13-6-7-14(26)11-13)24-18-9-8-16(22)20-15(18)5-4-10-27-20/h8-9,12-14,26H,4-7,10-11,23H2,1-3H3,(H,24,25)/b17-12-. The predicted octanol–water partition coefficient (Wildman–Crippen LogP) is 4.99. The first-order valence-corrected chi connectivity index (χ1v) is 11.1. The van der Waals surface area contributed by atoms with E-state index in [0.29, 0.717) is 0 Å². The smallest absolute Gasteiger partial charge is 0.127 e. The normalized spacial score (nSPS) is 24.0. The maximum Gasteiger partial charge on any atom is 0.127 e. The molecule has 0 amide bonds. The number of allylic oxidation sites excluding steroid dienone is 1. The van der Waals surface area contributed by atoms with Crippen LogP contribution >= 0.6 is 23.4 Å². The number of hydrogen-bond donors (Lipinski definition) is 3. The van der Waals surface area contributed by atoms with Gasteiger partial charge in [-0.15, -0.1) is 11.8 Å². The van der Waals surface area contributed by atoms with Gasteiger partial charge in [-0.2, -0.15) is 0 Å². The van der Waals surface area contributed by atoms with Gasteiger partial charge in [0, 0.05) is 22.2 Å². The molecule has 4 nitrogen and oxygen atoms in total. The van der Waals surface area contributed by atoms with E-state index in [9.17, 15) is 5.11 Å². The van der Waals surface area contributed by atoms with Crippen molar-refractivity contribution >= 4 is 34.9 Å². The van der Waals surface area contributed by atoms with Crippen molar-refractivity contribution in [1.82, 2.24) is 0 Å². The summed E-state index contributed by atoms with van der Waals surface area (Å²) in [7, 11) is 0. The molecule has 1 aromatic carbocycles. The topological polar surface area (TPSA) is 70.6 Å². The van der Waals surface area contributed by atoms with Gasteiger partial charge in [0.05, 0.1) is 16.7 Å². The van der Waals surface area contributed by atoms with E-state index in [1.54, 1.807) is 0 Å². The van der Waals surface area contributed by atoms with E-state index >= 15 is 0 Å². The molecule has 148 valence electrons. The molecule has 6 heteroatoms. The Morgan fingerprint density at radius 2 is 2.15 bits per heavy atom. The van der Waals surface area contributed by atoms with Crippen molar-refractivity contribution in [2.75, 3.05) is 11.1 Å². The lowest BCUT2D eigenvalue weighted by Gasteiger charge is -2.23. The summed E-state index contributed by atoms with van der Waals surface area (Å²) in [5, 5.41) is 14.2. The minimum atomic E-state index is -0.238. The Kier molecular flexibility index (Phi) is 6.44. The van der Waals surface area contributed by atoms with Crippen molar-refractivity contribution in [3.05, 3.63) is 34.5 Å². The molecule has 2 unspecified atom stereocenters. The third kappa shape index (κ3) is 5.43. The lowest BCUT2D eigenvalue weighted by Crippen LogP contribution is -2.22. The third-order valence-corrected chi connectivity index (χ3v) is 6.60. The van der Waals surface area contributed by atoms with Crippen LogP contribution in [0.2, 0.25) is 5.02 Å². The van der Waals surface area contributed by atoms with Crippen molar-refractivity contribution in [2.45, 2.75) is 69.4 Å². The van der Waals surface area contributed by atoms with Crippen LogP contribution in [0.25, 0.3) is 0 Å². The van der Waals surface area contributed by atoms with Crippen molar-refractivity contribution in [3.8, 4) is 0 Å². The average Bonchev–Trinajstić information content (AvgIpc) is 3.03. The van der Waals surface area contributed by atoms with Gasteiger partial charge in [0.1, 0.15) is 5.84 Å². The van der Waals surface area contributed by atoms with Crippen molar-refractivity contribution < 1.29 is 5.11 Å². The van der Waals surface area contributed by atoms with Gasteiger partial charge in [-0.25, -0.2) is 0 Å². The Bertz CT molecular complexity index is 755. The van der Waals surface area contributed by atoms with E-state index in [1.807, 2.05) is 30.0 Å². The first kappa shape index (κ1) is 20.6. The van der Waals surface area contributed by atoms with Crippen LogP contribution < -0.4 is 11.1 Å². The summed E-state index contributed by atoms with van der Waals surface area (Å²) in [6, 6.07) is 3.99. The fourth-order valence-corrected chi connectivity index (χ4v) is 5.10. The minimum absolute atomic E-state index is 0.224. The summed E-state index contributed by atoms with van der Waals surface area (Å²) in [5.41, 5.74) is 9.27. The molecule has 0 spiro atoms. The molecule has 3 rings (SSSR count). The van der Waals surface area contributed by atoms with Crippen molar-refractivity contribution in [1.29, 1.82) is 0 Å². The van der Waals surface area contributed by atoms with Gasteiger partial charge >= 0.3 is 0 Å². The van der Waals surface area contributed by atoms with Crippen LogP contribution in [-0.2, 0) is 6.42 Å². The molecule has 1 aliphatic heterocycles. The Labute approximate surface area is 171 Å². The van der Waals surface area contributed by atoms with Crippen LogP contribution in [-0.4, -0.2) is 28.3 Å². The van der Waals surface area contributed by atoms with E-state index in [0.717, 1.165) is 60.1 Å². The highest BCUT2D eigenvalue weighted by Gasteiger charge is 2.25. The molecule has 0 aromatic heterocycles. The summed E-state index contributed by atoms with van der Waals surface area (Å²) < 4.78 is 0. The number of aliphatic imine (C=N–C) groups is 1. The van der Waals surface area contributed by atoms with E-state index in [-0.39, 0.29) is 17.6 Å². The number of nitrogens with two attached hydrogens (primary N) is 1. The number of rotatable bonds is 3. The zero-order valence-electron chi connectivity index (χ0n) is 16.4. The number of fused-ring (bicyclic) bond motifs is 1. The molecular weight excluding hydrogens is 378 g/mol. The van der Waals surface area contributed by atoms with E-state index in [1.165, 1.54) is 10.5 Å². The van der Waals surface area contributed by atoms with E-state index < -0.39 is 0 Å². The summed E-state index contributed by atoms with van der Waals surface area (Å²) in [4.78, 5) is 6.03. The number of halogens is 1. The highest BCUT2D eigenvalue weighted by atomic mass is 35.5. The number of thioether (sulfide) groups is 1. The van der Waals surface area contributed by atoms with E-state index in [2.05, 4.69) is 26.1 Å². The second-order valence-electron chi connectivity index (χ2n) is 8.46. The molecule has 1 heterocycles. The van der Waals surface area contributed by atoms with Crippen LogP contribution in [0.1, 0.15) is 52.0 Å². The SMILES string of the molecule is CC(C)(C)N=C(/C=C(\N)C1CCC(O)C1)Nc1ccc(Cl)c2c1CCCS2. The monoisotopic (exact) mass is 407 g/mol. The van der Waals surface area contributed by atoms with Gasteiger partial charge in [-0.3, -0.25) is 4.99 Å². The largest absolute Gasteiger partial charge is 0.402 e. The van der Waals surface area contributed by atoms with Crippen LogP contribution in [0, 0.1) is 5.92 Å². The Hall–Kier alpha value is -1.17. The lowest BCUT2D eigenvalue weighted by molar-refractivity contribution is 0.179. The van der Waals surface area contributed by atoms with Gasteiger partial charge in [0.2, 0.25) is 0 Å². The Balaban J connectivity index is 1.90. The van der Waals surface area contributed by atoms with E-state index in [4.69, 9.17) is 22.3 Å². The molecule has 0 radical (unpaired) electrons. The average molecular weight is 408 g/mol. The fraction of sp³-hybridized carbons (Fsp3) is 0.571. The van der Waals surface area contributed by atoms with Gasteiger partial charge in [0.15, 0.2) is 0 Å². The molecule has 1 aromatic rings. The molecular formula is C21H30ClN3OS. The maximum absolute atomic E-state index is 9.82. The molecule has 1 aliphatic carbocycles. The zero-order valence-corrected chi connectivity index (χ0v) is 18.0. The maximum atomic E-state index is 9.82. The number of nitrogens with zero attached hydrogens (tertiary/aromatic N) is 1. The van der Waals surface area contributed by atoms with Crippen molar-refractivity contribution in [2.24, 2.45) is 16.6 Å². The first-order valence-electron chi connectivity index (χ1n) is 9.69. The zero-order chi connectivity index (χ0) is 19.6. The lowest BCUT2D eigenvalue weighted by atomic mass is 10.0. The van der Waals surface area contributed by atoms with Crippen LogP contribution in [0.15, 0.2) is 33.8 Å². The molecule has 1 saturated carbocycles. The summed E-state index contributed by atoms with van der Waals surface area (Å²) in [6.45, 7) is 6.22. The quantitative estimate of drug-likeness (QED) is 0.487. The van der Waals surface area contributed by atoms with Gasteiger partial charge in [0.25, 0.3) is 0 Å². The van der Waals surface area contributed by atoms with Gasteiger partial charge in [-0.05, 0) is 82.4 Å². The summed E-state index contributed by atoms with van der Waals surface area (Å²) >= 11 is 8.23. The number of nitrogens with one attached hydrogen (secondary N) is 1. The van der Waals surface area contributed by atoms with Crippen molar-refractivity contribution in [3.63, 3.8) is 0 Å². The second kappa shape index (κ2) is 8.46.